The van der Waals surface area contributed by atoms with Gasteiger partial charge >= 0.3 is 29.6 Å². The molecule has 10 heteroatoms. The van der Waals surface area contributed by atoms with Crippen molar-refractivity contribution in [1.29, 1.82) is 0 Å². The molecule has 0 atom stereocenters. The summed E-state index contributed by atoms with van der Waals surface area (Å²) in [6, 6.07) is 9.14. The third-order valence-electron chi connectivity index (χ3n) is 2.98. The van der Waals surface area contributed by atoms with E-state index in [-0.39, 0.29) is 46.6 Å². The van der Waals surface area contributed by atoms with Crippen LogP contribution in [0.2, 0.25) is 0 Å². The predicted molar refractivity (Wildman–Crippen MR) is 84.7 cm³/mol. The molecule has 0 saturated carbocycles. The number of hydrogen-bond acceptors (Lipinski definition) is 6. The van der Waals surface area contributed by atoms with Crippen molar-refractivity contribution in [3.8, 4) is 5.75 Å². The Morgan fingerprint density at radius 1 is 1.20 bits per heavy atom. The van der Waals surface area contributed by atoms with Gasteiger partial charge in [-0.25, -0.2) is 8.42 Å². The van der Waals surface area contributed by atoms with Crippen molar-refractivity contribution >= 4 is 27.7 Å². The molecule has 0 unspecified atom stereocenters. The molecule has 0 fully saturated rings. The molecule has 122 valence electrons. The average molecular weight is 367 g/mol. The minimum atomic E-state index is -4.93. The summed E-state index contributed by atoms with van der Waals surface area (Å²) in [5.41, 5.74) is 8.54. The zero-order valence-electron chi connectivity index (χ0n) is 13.0. The molecule has 2 rings (SSSR count). The monoisotopic (exact) mass is 367 g/mol. The van der Waals surface area contributed by atoms with E-state index in [9.17, 15) is 22.9 Å². The van der Waals surface area contributed by atoms with E-state index in [4.69, 9.17) is 5.53 Å². The van der Waals surface area contributed by atoms with Gasteiger partial charge in [0, 0.05) is 16.2 Å². The Morgan fingerprint density at radius 2 is 1.84 bits per heavy atom. The van der Waals surface area contributed by atoms with Gasteiger partial charge in [-0.05, 0) is 41.4 Å². The molecule has 0 spiro atoms. The molecule has 2 aromatic rings. The van der Waals surface area contributed by atoms with Crippen LogP contribution in [0.25, 0.3) is 16.5 Å². The summed E-state index contributed by atoms with van der Waals surface area (Å²) < 4.78 is 34.0. The smallest absolute Gasteiger partial charge is 0.744 e. The van der Waals surface area contributed by atoms with Crippen molar-refractivity contribution in [3.63, 3.8) is 0 Å². The second-order valence-electron chi connectivity index (χ2n) is 4.61. The summed E-state index contributed by atoms with van der Waals surface area (Å²) in [6.07, 6.45) is 2.51. The Hall–Kier alpha value is -2.13. The van der Waals surface area contributed by atoms with Crippen LogP contribution in [0.1, 0.15) is 15.9 Å². The molecule has 25 heavy (non-hydrogen) atoms. The number of ketones is 1. The van der Waals surface area contributed by atoms with Crippen molar-refractivity contribution in [2.24, 2.45) is 5.11 Å². The number of rotatable bonds is 5. The Kier molecular flexibility index (Phi) is 7.38. The first-order valence-electron chi connectivity index (χ1n) is 6.48. The Bertz CT molecular complexity index is 965. The van der Waals surface area contributed by atoms with E-state index >= 15 is 0 Å². The van der Waals surface area contributed by atoms with Gasteiger partial charge in [0.2, 0.25) is 0 Å². The quantitative estimate of drug-likeness (QED) is 0.152. The maximum atomic E-state index is 12.2. The third-order valence-corrected chi connectivity index (χ3v) is 3.86. The molecular formula is C15H10N3NaO5S. The van der Waals surface area contributed by atoms with E-state index in [1.165, 1.54) is 24.3 Å². The number of phenols is 1. The summed E-state index contributed by atoms with van der Waals surface area (Å²) in [5.74, 6) is -0.642. The van der Waals surface area contributed by atoms with E-state index in [2.05, 4.69) is 10.0 Å². The van der Waals surface area contributed by atoms with Gasteiger partial charge in [0.1, 0.15) is 15.9 Å². The second-order valence-corrected chi connectivity index (χ2v) is 5.96. The molecule has 1 N–H and O–H groups in total. The van der Waals surface area contributed by atoms with Crippen LogP contribution in [0, 0.1) is 0 Å². The van der Waals surface area contributed by atoms with Crippen LogP contribution in [0.5, 0.6) is 5.75 Å². The van der Waals surface area contributed by atoms with E-state index in [1.54, 1.807) is 12.1 Å². The predicted octanol–water partition coefficient (Wildman–Crippen LogP) is 0.138. The average Bonchev–Trinajstić information content (AvgIpc) is 2.53. The molecule has 0 aliphatic heterocycles. The van der Waals surface area contributed by atoms with Crippen molar-refractivity contribution in [3.05, 3.63) is 70.1 Å². The van der Waals surface area contributed by atoms with E-state index in [0.29, 0.717) is 5.56 Å². The van der Waals surface area contributed by atoms with Crippen LogP contribution < -0.4 is 29.6 Å². The van der Waals surface area contributed by atoms with Gasteiger partial charge in [-0.1, -0.05) is 29.4 Å². The summed E-state index contributed by atoms with van der Waals surface area (Å²) in [7, 11) is -4.93. The van der Waals surface area contributed by atoms with E-state index in [1.807, 2.05) is 0 Å². The van der Waals surface area contributed by atoms with Crippen LogP contribution in [0.3, 0.4) is 0 Å². The summed E-state index contributed by atoms with van der Waals surface area (Å²) >= 11 is 0. The Morgan fingerprint density at radius 3 is 2.40 bits per heavy atom. The van der Waals surface area contributed by atoms with Crippen LogP contribution >= 0.6 is 0 Å². The molecule has 0 radical (unpaired) electrons. The van der Waals surface area contributed by atoms with E-state index < -0.39 is 20.8 Å². The van der Waals surface area contributed by atoms with E-state index in [0.717, 1.165) is 18.2 Å². The molecule has 0 amide bonds. The molecule has 0 aliphatic carbocycles. The molecule has 8 nitrogen and oxygen atoms in total. The fourth-order valence-corrected chi connectivity index (χ4v) is 2.59. The maximum absolute atomic E-state index is 12.2. The van der Waals surface area contributed by atoms with Crippen molar-refractivity contribution in [2.45, 2.75) is 4.90 Å². The number of azide groups is 1. The molecule has 0 heterocycles. The Balaban J connectivity index is 0.00000312. The van der Waals surface area contributed by atoms with Gasteiger partial charge in [-0.2, -0.15) is 0 Å². The minimum Gasteiger partial charge on any atom is -0.744 e. The van der Waals surface area contributed by atoms with Gasteiger partial charge in [0.25, 0.3) is 0 Å². The number of carbonyl (C=O) groups excluding carboxylic acids is 1. The summed E-state index contributed by atoms with van der Waals surface area (Å²) in [5, 5.41) is 12.4. The number of hydrogen-bond donors (Lipinski definition) is 1. The first kappa shape index (κ1) is 20.9. The zero-order chi connectivity index (χ0) is 17.7. The van der Waals surface area contributed by atoms with Gasteiger partial charge in [-0.3, -0.25) is 4.79 Å². The first-order valence-corrected chi connectivity index (χ1v) is 7.88. The number of allylic oxidation sites excluding steroid dienone is 1. The summed E-state index contributed by atoms with van der Waals surface area (Å²) in [4.78, 5) is 13.9. The minimum absolute atomic E-state index is 0. The first-order chi connectivity index (χ1) is 11.3. The van der Waals surface area contributed by atoms with Gasteiger partial charge in [0.05, 0.1) is 4.90 Å². The van der Waals surface area contributed by atoms with Crippen LogP contribution in [0.4, 0.5) is 5.69 Å². The second kappa shape index (κ2) is 8.82. The largest absolute Gasteiger partial charge is 1.00 e. The maximum Gasteiger partial charge on any atom is 1.00 e. The van der Waals surface area contributed by atoms with Crippen molar-refractivity contribution in [2.75, 3.05) is 0 Å². The van der Waals surface area contributed by atoms with Gasteiger partial charge in [-0.15, -0.1) is 0 Å². The number of phenolic OH excluding ortho intramolecular Hbond substituents is 1. The molecule has 0 aliphatic rings. The molecular weight excluding hydrogens is 357 g/mol. The topological polar surface area (TPSA) is 143 Å². The number of nitrogens with zero attached hydrogens (tertiary/aromatic N) is 3. The van der Waals surface area contributed by atoms with Gasteiger partial charge in [0.15, 0.2) is 5.78 Å². The molecule has 0 bridgehead atoms. The fourth-order valence-electron chi connectivity index (χ4n) is 1.88. The normalized spacial score (nSPS) is 10.8. The number of carbonyl (C=O) groups is 1. The molecule has 0 saturated heterocycles. The molecule has 2 aromatic carbocycles. The zero-order valence-corrected chi connectivity index (χ0v) is 15.8. The van der Waals surface area contributed by atoms with Crippen molar-refractivity contribution in [1.82, 2.24) is 0 Å². The number of benzene rings is 2. The SMILES string of the molecule is [N-]=[N+]=Nc1ccc(C(=O)/C=C/c2ccc(O)cc2)c(S(=O)(=O)[O-])c1.[Na+]. The van der Waals surface area contributed by atoms with Crippen LogP contribution in [-0.2, 0) is 10.1 Å². The van der Waals surface area contributed by atoms with Crippen LogP contribution in [0.15, 0.2) is 58.6 Å². The van der Waals surface area contributed by atoms with Gasteiger partial charge < -0.3 is 9.66 Å². The fraction of sp³-hybridized carbons (Fsp3) is 0. The third kappa shape index (κ3) is 5.71. The molecule has 0 aromatic heterocycles. The van der Waals surface area contributed by atoms with Crippen LogP contribution in [-0.4, -0.2) is 23.9 Å². The van der Waals surface area contributed by atoms with Crippen molar-refractivity contribution < 1.29 is 52.4 Å². The Labute approximate surface area is 165 Å². The standard InChI is InChI=1S/C15H11N3O5S.Na/c16-18-17-11-4-7-13(15(9-11)24(21,22)23)14(20)8-3-10-1-5-12(19)6-2-10;/h1-9,19H,(H,21,22,23);/q;+1/p-1/b8-3+;. The summed E-state index contributed by atoms with van der Waals surface area (Å²) in [6.45, 7) is 0. The number of aromatic hydroxyl groups is 1.